The summed E-state index contributed by atoms with van der Waals surface area (Å²) in [6.07, 6.45) is 1.81. The molecule has 0 radical (unpaired) electrons. The molecule has 0 unspecified atom stereocenters. The van der Waals surface area contributed by atoms with Crippen LogP contribution in [0.4, 0.5) is 0 Å². The number of hydrogen-bond donors (Lipinski definition) is 0. The van der Waals surface area contributed by atoms with E-state index in [1.54, 1.807) is 0 Å². The van der Waals surface area contributed by atoms with Gasteiger partial charge < -0.3 is 0 Å². The van der Waals surface area contributed by atoms with Crippen molar-refractivity contribution in [1.29, 1.82) is 0 Å². The van der Waals surface area contributed by atoms with Gasteiger partial charge in [-0.3, -0.25) is 4.79 Å². The van der Waals surface area contributed by atoms with E-state index >= 15 is 0 Å². The Bertz CT molecular complexity index is 634. The second kappa shape index (κ2) is 5.35. The van der Waals surface area contributed by atoms with Crippen molar-refractivity contribution in [3.8, 4) is 5.69 Å². The first kappa shape index (κ1) is 12.8. The molecule has 1 aromatic carbocycles. The SMILES string of the molecule is CCCCn1c(=O)sn(-c2ccc(C)cc2)c1=O. The summed E-state index contributed by atoms with van der Waals surface area (Å²) in [4.78, 5) is 23.7. The van der Waals surface area contributed by atoms with E-state index in [2.05, 4.69) is 0 Å². The Kier molecular flexibility index (Phi) is 3.81. The lowest BCUT2D eigenvalue weighted by molar-refractivity contribution is 0.596. The molecule has 5 heteroatoms. The molecule has 2 rings (SSSR count). The van der Waals surface area contributed by atoms with Crippen LogP contribution in [0.25, 0.3) is 5.69 Å². The van der Waals surface area contributed by atoms with Gasteiger partial charge in [0.1, 0.15) is 0 Å². The first-order chi connectivity index (χ1) is 8.63. The topological polar surface area (TPSA) is 44.0 Å². The fourth-order valence-electron chi connectivity index (χ4n) is 1.70. The van der Waals surface area contributed by atoms with Crippen molar-refractivity contribution in [3.05, 3.63) is 50.0 Å². The normalized spacial score (nSPS) is 10.8. The lowest BCUT2D eigenvalue weighted by Crippen LogP contribution is -2.28. The van der Waals surface area contributed by atoms with Crippen molar-refractivity contribution in [2.75, 3.05) is 0 Å². The van der Waals surface area contributed by atoms with E-state index in [1.807, 2.05) is 38.1 Å². The number of hydrogen-bond acceptors (Lipinski definition) is 3. The molecule has 1 heterocycles. The summed E-state index contributed by atoms with van der Waals surface area (Å²) in [5.41, 5.74) is 1.65. The molecule has 0 aliphatic rings. The zero-order valence-electron chi connectivity index (χ0n) is 10.5. The van der Waals surface area contributed by atoms with Crippen molar-refractivity contribution in [2.45, 2.75) is 33.2 Å². The van der Waals surface area contributed by atoms with Crippen molar-refractivity contribution < 1.29 is 0 Å². The molecule has 0 aliphatic heterocycles. The second-order valence-electron chi connectivity index (χ2n) is 4.27. The van der Waals surface area contributed by atoms with Crippen molar-refractivity contribution in [2.24, 2.45) is 0 Å². The van der Waals surface area contributed by atoms with E-state index in [9.17, 15) is 9.59 Å². The lowest BCUT2D eigenvalue weighted by atomic mass is 10.2. The standard InChI is InChI=1S/C13H16N2O2S/c1-3-4-9-14-12(16)15(18-13(14)17)11-7-5-10(2)6-8-11/h5-8H,3-4,9H2,1-2H3. The molecule has 2 aromatic rings. The predicted octanol–water partition coefficient (Wildman–Crippen LogP) is 2.17. The van der Waals surface area contributed by atoms with Gasteiger partial charge in [-0.15, -0.1) is 0 Å². The van der Waals surface area contributed by atoms with Gasteiger partial charge in [-0.25, -0.2) is 13.3 Å². The Morgan fingerprint density at radius 1 is 1.17 bits per heavy atom. The van der Waals surface area contributed by atoms with Crippen LogP contribution in [0.2, 0.25) is 0 Å². The third-order valence-electron chi connectivity index (χ3n) is 2.80. The minimum atomic E-state index is -0.234. The van der Waals surface area contributed by atoms with Crippen molar-refractivity contribution in [3.63, 3.8) is 0 Å². The summed E-state index contributed by atoms with van der Waals surface area (Å²) >= 11 is 0.962. The highest BCUT2D eigenvalue weighted by Gasteiger charge is 2.10. The average molecular weight is 264 g/mol. The zero-order valence-corrected chi connectivity index (χ0v) is 11.4. The fraction of sp³-hybridized carbons (Fsp3) is 0.385. The average Bonchev–Trinajstić information content (AvgIpc) is 2.64. The molecule has 96 valence electrons. The highest BCUT2D eigenvalue weighted by Crippen LogP contribution is 2.08. The summed E-state index contributed by atoms with van der Waals surface area (Å²) in [6.45, 7) is 4.53. The van der Waals surface area contributed by atoms with Crippen LogP contribution in [0.5, 0.6) is 0 Å². The van der Waals surface area contributed by atoms with Crippen LogP contribution in [0.1, 0.15) is 25.3 Å². The first-order valence-electron chi connectivity index (χ1n) is 6.03. The number of rotatable bonds is 4. The van der Waals surface area contributed by atoms with Gasteiger partial charge in [0, 0.05) is 18.1 Å². The number of benzene rings is 1. The van der Waals surface area contributed by atoms with Gasteiger partial charge in [-0.05, 0) is 25.5 Å². The third-order valence-corrected chi connectivity index (χ3v) is 3.72. The maximum absolute atomic E-state index is 12.1. The van der Waals surface area contributed by atoms with E-state index in [0.717, 1.165) is 35.6 Å². The Morgan fingerprint density at radius 3 is 2.44 bits per heavy atom. The molecule has 18 heavy (non-hydrogen) atoms. The van der Waals surface area contributed by atoms with Crippen LogP contribution in [0.15, 0.2) is 33.9 Å². The molecular formula is C13H16N2O2S. The summed E-state index contributed by atoms with van der Waals surface area (Å²) in [6, 6.07) is 7.58. The summed E-state index contributed by atoms with van der Waals surface area (Å²) in [5, 5.41) is 0. The van der Waals surface area contributed by atoms with Gasteiger partial charge in [-0.2, -0.15) is 0 Å². The lowest BCUT2D eigenvalue weighted by Gasteiger charge is -2.00. The Labute approximate surface area is 109 Å². The highest BCUT2D eigenvalue weighted by molar-refractivity contribution is 7.03. The van der Waals surface area contributed by atoms with Crippen LogP contribution in [-0.4, -0.2) is 8.52 Å². The second-order valence-corrected chi connectivity index (χ2v) is 5.17. The Morgan fingerprint density at radius 2 is 1.83 bits per heavy atom. The van der Waals surface area contributed by atoms with E-state index in [1.165, 1.54) is 8.52 Å². The largest absolute Gasteiger partial charge is 0.345 e. The molecule has 0 aliphatic carbocycles. The summed E-state index contributed by atoms with van der Waals surface area (Å²) in [7, 11) is 0. The monoisotopic (exact) mass is 264 g/mol. The quantitative estimate of drug-likeness (QED) is 0.849. The van der Waals surface area contributed by atoms with Crippen molar-refractivity contribution >= 4 is 11.5 Å². The van der Waals surface area contributed by atoms with E-state index in [-0.39, 0.29) is 10.6 Å². The van der Waals surface area contributed by atoms with Gasteiger partial charge in [0.25, 0.3) is 0 Å². The Balaban J connectivity index is 2.44. The predicted molar refractivity (Wildman–Crippen MR) is 73.8 cm³/mol. The van der Waals surface area contributed by atoms with Crippen LogP contribution in [0.3, 0.4) is 0 Å². The van der Waals surface area contributed by atoms with Gasteiger partial charge in [0.05, 0.1) is 5.69 Å². The van der Waals surface area contributed by atoms with Crippen molar-refractivity contribution in [1.82, 2.24) is 8.52 Å². The van der Waals surface area contributed by atoms with Crippen LogP contribution >= 0.6 is 11.5 Å². The van der Waals surface area contributed by atoms with E-state index < -0.39 is 0 Å². The molecular weight excluding hydrogens is 248 g/mol. The van der Waals surface area contributed by atoms with Crippen LogP contribution < -0.4 is 10.6 Å². The van der Waals surface area contributed by atoms with Gasteiger partial charge in [0.2, 0.25) is 0 Å². The van der Waals surface area contributed by atoms with Crippen LogP contribution in [-0.2, 0) is 6.54 Å². The van der Waals surface area contributed by atoms with Gasteiger partial charge in [0.15, 0.2) is 0 Å². The van der Waals surface area contributed by atoms with Gasteiger partial charge in [-0.1, -0.05) is 31.0 Å². The molecule has 0 fully saturated rings. The molecule has 0 saturated heterocycles. The smallest absolute Gasteiger partial charge is 0.255 e. The number of unbranched alkanes of at least 4 members (excludes halogenated alkanes) is 1. The molecule has 0 N–H and O–H groups in total. The van der Waals surface area contributed by atoms with Crippen LogP contribution in [0, 0.1) is 6.92 Å². The van der Waals surface area contributed by atoms with E-state index in [0.29, 0.717) is 6.54 Å². The molecule has 0 bridgehead atoms. The minimum Gasteiger partial charge on any atom is -0.255 e. The molecule has 0 spiro atoms. The molecule has 0 saturated carbocycles. The molecule has 1 aromatic heterocycles. The molecule has 0 amide bonds. The molecule has 4 nitrogen and oxygen atoms in total. The zero-order chi connectivity index (χ0) is 13.1. The number of aromatic nitrogens is 2. The third kappa shape index (κ3) is 2.46. The summed E-state index contributed by atoms with van der Waals surface area (Å²) in [5.74, 6) is 0. The summed E-state index contributed by atoms with van der Waals surface area (Å²) < 4.78 is 2.77. The highest BCUT2D eigenvalue weighted by atomic mass is 32.1. The Hall–Kier alpha value is -1.62. The maximum Gasteiger partial charge on any atom is 0.345 e. The van der Waals surface area contributed by atoms with Gasteiger partial charge >= 0.3 is 10.6 Å². The fourth-order valence-corrected chi connectivity index (χ4v) is 2.53. The van der Waals surface area contributed by atoms with E-state index in [4.69, 9.17) is 0 Å². The molecule has 0 atom stereocenters. The number of nitrogens with zero attached hydrogens (tertiary/aromatic N) is 2. The first-order valence-corrected chi connectivity index (χ1v) is 6.81. The number of aryl methyl sites for hydroxylation is 1. The minimum absolute atomic E-state index is 0.186. The maximum atomic E-state index is 12.1.